The average Bonchev–Trinajstić information content (AvgIpc) is 2.66. The molecule has 0 aromatic heterocycles. The van der Waals surface area contributed by atoms with Gasteiger partial charge in [-0.25, -0.2) is 9.59 Å². The molecule has 0 spiro atoms. The molecule has 2 N–H and O–H groups in total. The van der Waals surface area contributed by atoms with Gasteiger partial charge in [-0.2, -0.15) is 0 Å². The fourth-order valence-electron chi connectivity index (χ4n) is 2.46. The minimum absolute atomic E-state index is 0.339. The molecule has 0 aliphatic heterocycles. The molecule has 0 radical (unpaired) electrons. The van der Waals surface area contributed by atoms with E-state index in [0.29, 0.717) is 23.6 Å². The van der Waals surface area contributed by atoms with Crippen LogP contribution in [0.25, 0.3) is 0 Å². The second kappa shape index (κ2) is 9.52. The summed E-state index contributed by atoms with van der Waals surface area (Å²) in [7, 11) is 0. The summed E-state index contributed by atoms with van der Waals surface area (Å²) in [6.45, 7) is 6.23. The largest absolute Gasteiger partial charge is 0.444 e. The number of hydrogen-bond acceptors (Lipinski definition) is 4. The summed E-state index contributed by atoms with van der Waals surface area (Å²) in [5.41, 5.74) is 1.91. The first kappa shape index (κ1) is 20.2. The fourth-order valence-corrected chi connectivity index (χ4v) is 2.46. The average molecular weight is 368 g/mol. The molecule has 0 saturated heterocycles. The Hall–Kier alpha value is -3.15. The molecule has 6 heteroatoms. The van der Waals surface area contributed by atoms with Gasteiger partial charge in [0.25, 0.3) is 5.91 Å². The van der Waals surface area contributed by atoms with Crippen LogP contribution in [0.4, 0.5) is 4.79 Å². The highest BCUT2D eigenvalue weighted by Gasteiger charge is 2.27. The fraction of sp³-hybridized carbons (Fsp3) is 0.286. The van der Waals surface area contributed by atoms with Crippen LogP contribution in [-0.2, 0) is 9.53 Å². The first-order valence-electron chi connectivity index (χ1n) is 8.87. The lowest BCUT2D eigenvalue weighted by Gasteiger charge is -2.18. The molecule has 0 saturated carbocycles. The number of benzene rings is 2. The molecule has 0 aliphatic rings. The van der Waals surface area contributed by atoms with Crippen LogP contribution < -0.4 is 10.6 Å². The summed E-state index contributed by atoms with van der Waals surface area (Å²) in [6, 6.07) is 15.0. The van der Waals surface area contributed by atoms with Crippen molar-refractivity contribution < 1.29 is 19.1 Å². The van der Waals surface area contributed by atoms with Gasteiger partial charge in [-0.1, -0.05) is 56.3 Å². The number of carbonyl (C=O) groups excluding carboxylic acids is 3. The molecule has 0 heterocycles. The minimum atomic E-state index is -1.23. The van der Waals surface area contributed by atoms with Crippen LogP contribution >= 0.6 is 0 Å². The van der Waals surface area contributed by atoms with Crippen LogP contribution in [0.3, 0.4) is 0 Å². The van der Waals surface area contributed by atoms with Gasteiger partial charge >= 0.3 is 12.0 Å². The van der Waals surface area contributed by atoms with Gasteiger partial charge in [0, 0.05) is 12.1 Å². The van der Waals surface area contributed by atoms with E-state index in [9.17, 15) is 14.4 Å². The molecule has 2 rings (SSSR count). The minimum Gasteiger partial charge on any atom is -0.444 e. The predicted molar refractivity (Wildman–Crippen MR) is 102 cm³/mol. The number of esters is 1. The molecule has 0 bridgehead atoms. The van der Waals surface area contributed by atoms with Gasteiger partial charge in [0.15, 0.2) is 0 Å². The van der Waals surface area contributed by atoms with E-state index >= 15 is 0 Å². The Morgan fingerprint density at radius 2 is 1.56 bits per heavy atom. The number of imide groups is 1. The maximum Gasteiger partial charge on any atom is 0.339 e. The maximum absolute atomic E-state index is 12.5. The summed E-state index contributed by atoms with van der Waals surface area (Å²) in [5, 5.41) is 4.67. The Balaban J connectivity index is 2.19. The van der Waals surface area contributed by atoms with Crippen molar-refractivity contribution in [3.63, 3.8) is 0 Å². The molecule has 0 fully saturated rings. The van der Waals surface area contributed by atoms with Crippen LogP contribution in [0.1, 0.15) is 54.3 Å². The van der Waals surface area contributed by atoms with Gasteiger partial charge in [0.1, 0.15) is 0 Å². The molecule has 2 aromatic carbocycles. The number of nitrogens with one attached hydrogen (secondary N) is 2. The van der Waals surface area contributed by atoms with E-state index < -0.39 is 24.0 Å². The first-order chi connectivity index (χ1) is 12.9. The summed E-state index contributed by atoms with van der Waals surface area (Å²) in [6.07, 6.45) is -1.23. The zero-order valence-corrected chi connectivity index (χ0v) is 15.7. The van der Waals surface area contributed by atoms with E-state index in [2.05, 4.69) is 24.5 Å². The van der Waals surface area contributed by atoms with E-state index in [-0.39, 0.29) is 0 Å². The number of ether oxygens (including phenoxy) is 1. The molecule has 2 aromatic rings. The molecule has 1 atom stereocenters. The number of hydrogen-bond donors (Lipinski definition) is 2. The quantitative estimate of drug-likeness (QED) is 0.764. The highest BCUT2D eigenvalue weighted by Crippen LogP contribution is 2.21. The molecule has 142 valence electrons. The Morgan fingerprint density at radius 1 is 0.926 bits per heavy atom. The second-order valence-corrected chi connectivity index (χ2v) is 6.32. The van der Waals surface area contributed by atoms with Crippen LogP contribution in [0.5, 0.6) is 0 Å². The van der Waals surface area contributed by atoms with E-state index in [4.69, 9.17) is 4.74 Å². The van der Waals surface area contributed by atoms with Crippen molar-refractivity contribution in [1.82, 2.24) is 10.6 Å². The van der Waals surface area contributed by atoms with Crippen molar-refractivity contribution in [2.45, 2.75) is 32.8 Å². The third-order valence-corrected chi connectivity index (χ3v) is 3.95. The topological polar surface area (TPSA) is 84.5 Å². The second-order valence-electron chi connectivity index (χ2n) is 6.32. The molecular weight excluding hydrogens is 344 g/mol. The summed E-state index contributed by atoms with van der Waals surface area (Å²) in [5.74, 6) is -1.00. The van der Waals surface area contributed by atoms with Crippen LogP contribution in [0.15, 0.2) is 54.6 Å². The predicted octanol–water partition coefficient (Wildman–Crippen LogP) is 3.55. The number of urea groups is 1. The highest BCUT2D eigenvalue weighted by molar-refractivity contribution is 5.99. The Morgan fingerprint density at radius 3 is 2.11 bits per heavy atom. The monoisotopic (exact) mass is 368 g/mol. The number of carbonyl (C=O) groups is 3. The van der Waals surface area contributed by atoms with Gasteiger partial charge in [0.05, 0.1) is 5.56 Å². The Bertz CT molecular complexity index is 786. The Kier molecular flexibility index (Phi) is 7.11. The summed E-state index contributed by atoms with van der Waals surface area (Å²) >= 11 is 0. The summed E-state index contributed by atoms with van der Waals surface area (Å²) in [4.78, 5) is 36.7. The van der Waals surface area contributed by atoms with Crippen LogP contribution in [-0.4, -0.2) is 24.5 Å². The molecule has 3 amide bonds. The molecule has 0 unspecified atom stereocenters. The zero-order chi connectivity index (χ0) is 19.8. The highest BCUT2D eigenvalue weighted by atomic mass is 16.5. The zero-order valence-electron chi connectivity index (χ0n) is 15.7. The standard InChI is InChI=1S/C21H24N2O4/c1-4-22-21(26)23-19(24)18(16-8-6-5-7-9-16)27-20(25)17-12-10-15(11-13-17)14(2)3/h5-14,18H,4H2,1-3H3,(H2,22,23,24,26)/t18-/m0/s1. The SMILES string of the molecule is CCNC(=O)NC(=O)[C@@H](OC(=O)c1ccc(C(C)C)cc1)c1ccccc1. The van der Waals surface area contributed by atoms with Crippen molar-refractivity contribution in [3.8, 4) is 0 Å². The van der Waals surface area contributed by atoms with E-state index in [1.807, 2.05) is 12.1 Å². The lowest BCUT2D eigenvalue weighted by atomic mass is 10.0. The van der Waals surface area contributed by atoms with Crippen molar-refractivity contribution in [1.29, 1.82) is 0 Å². The van der Waals surface area contributed by atoms with Crippen molar-refractivity contribution in [2.24, 2.45) is 0 Å². The third-order valence-electron chi connectivity index (χ3n) is 3.95. The maximum atomic E-state index is 12.5. The Labute approximate surface area is 158 Å². The van der Waals surface area contributed by atoms with Gasteiger partial charge in [0.2, 0.25) is 6.10 Å². The number of rotatable bonds is 6. The molecule has 27 heavy (non-hydrogen) atoms. The van der Waals surface area contributed by atoms with Crippen molar-refractivity contribution in [2.75, 3.05) is 6.54 Å². The van der Waals surface area contributed by atoms with E-state index in [1.165, 1.54) is 0 Å². The first-order valence-corrected chi connectivity index (χ1v) is 8.87. The van der Waals surface area contributed by atoms with Gasteiger partial charge in [-0.3, -0.25) is 10.1 Å². The van der Waals surface area contributed by atoms with E-state index in [1.54, 1.807) is 49.4 Å². The van der Waals surface area contributed by atoms with Gasteiger partial charge in [-0.15, -0.1) is 0 Å². The summed E-state index contributed by atoms with van der Waals surface area (Å²) < 4.78 is 5.43. The lowest BCUT2D eigenvalue weighted by molar-refractivity contribution is -0.129. The normalized spacial score (nSPS) is 11.6. The van der Waals surface area contributed by atoms with Crippen molar-refractivity contribution in [3.05, 3.63) is 71.3 Å². The lowest BCUT2D eigenvalue weighted by Crippen LogP contribution is -2.42. The molecule has 6 nitrogen and oxygen atoms in total. The smallest absolute Gasteiger partial charge is 0.339 e. The van der Waals surface area contributed by atoms with E-state index in [0.717, 1.165) is 5.56 Å². The van der Waals surface area contributed by atoms with Crippen molar-refractivity contribution >= 4 is 17.9 Å². The third kappa shape index (κ3) is 5.67. The molecule has 0 aliphatic carbocycles. The number of amides is 3. The molecular formula is C21H24N2O4. The van der Waals surface area contributed by atoms with Gasteiger partial charge in [-0.05, 0) is 30.5 Å². The van der Waals surface area contributed by atoms with Gasteiger partial charge < -0.3 is 10.1 Å². The van der Waals surface area contributed by atoms with Crippen LogP contribution in [0.2, 0.25) is 0 Å². The van der Waals surface area contributed by atoms with Crippen LogP contribution in [0, 0.1) is 0 Å².